The quantitative estimate of drug-likeness (QED) is 0.514. The zero-order valence-corrected chi connectivity index (χ0v) is 15.5. The third-order valence-corrected chi connectivity index (χ3v) is 4.56. The first-order valence-corrected chi connectivity index (χ1v) is 9.10. The number of nitrogens with zero attached hydrogens (tertiary/aromatic N) is 1. The van der Waals surface area contributed by atoms with E-state index in [1.165, 1.54) is 0 Å². The van der Waals surface area contributed by atoms with E-state index in [0.29, 0.717) is 24.3 Å². The Hall–Kier alpha value is -3.12. The molecule has 0 spiro atoms. The molecule has 0 unspecified atom stereocenters. The van der Waals surface area contributed by atoms with E-state index in [-0.39, 0.29) is 18.9 Å². The van der Waals surface area contributed by atoms with Crippen molar-refractivity contribution in [3.63, 3.8) is 0 Å². The van der Waals surface area contributed by atoms with Gasteiger partial charge in [-0.3, -0.25) is 0 Å². The largest absolute Gasteiger partial charge is 0.494 e. The second-order valence-corrected chi connectivity index (χ2v) is 6.50. The first-order valence-electron chi connectivity index (χ1n) is 9.10. The lowest BCUT2D eigenvalue weighted by Crippen LogP contribution is -2.40. The molecule has 2 aromatic rings. The van der Waals surface area contributed by atoms with Crippen LogP contribution in [-0.4, -0.2) is 40.8 Å². The topological polar surface area (TPSA) is 88.4 Å². The summed E-state index contributed by atoms with van der Waals surface area (Å²) in [5.41, 5.74) is -0.0496. The van der Waals surface area contributed by atoms with E-state index in [1.54, 1.807) is 30.3 Å². The van der Waals surface area contributed by atoms with Gasteiger partial charge in [-0.25, -0.2) is 9.79 Å². The van der Waals surface area contributed by atoms with Crippen LogP contribution < -0.4 is 4.74 Å². The van der Waals surface area contributed by atoms with E-state index in [0.717, 1.165) is 5.56 Å². The normalized spacial score (nSPS) is 20.9. The average molecular weight is 381 g/mol. The summed E-state index contributed by atoms with van der Waals surface area (Å²) >= 11 is 0. The lowest BCUT2D eigenvalue weighted by Gasteiger charge is -2.26. The number of carboxylic acids is 1. The van der Waals surface area contributed by atoms with Gasteiger partial charge in [0.2, 0.25) is 11.4 Å². The Bertz CT molecular complexity index is 847. The van der Waals surface area contributed by atoms with Gasteiger partial charge in [0.05, 0.1) is 6.61 Å². The van der Waals surface area contributed by atoms with Crippen LogP contribution >= 0.6 is 0 Å². The highest BCUT2D eigenvalue weighted by molar-refractivity contribution is 5.99. The fraction of sp³-hybridized carbons (Fsp3) is 0.273. The Morgan fingerprint density at radius 2 is 1.93 bits per heavy atom. The Balaban J connectivity index is 1.91. The summed E-state index contributed by atoms with van der Waals surface area (Å²) in [5.74, 6) is -0.119. The molecule has 3 rings (SSSR count). The van der Waals surface area contributed by atoms with Crippen LogP contribution in [0.1, 0.15) is 30.1 Å². The van der Waals surface area contributed by atoms with Crippen molar-refractivity contribution in [2.75, 3.05) is 13.2 Å². The summed E-state index contributed by atoms with van der Waals surface area (Å²) in [5, 5.41) is 18.8. The Labute approximate surface area is 163 Å². The minimum atomic E-state index is -1.46. The first kappa shape index (κ1) is 19.6. The number of rotatable bonds is 9. The molecule has 6 heteroatoms. The third kappa shape index (κ3) is 3.92. The zero-order chi connectivity index (χ0) is 20.0. The molecule has 0 radical (unpaired) electrons. The van der Waals surface area contributed by atoms with Gasteiger partial charge in [-0.05, 0) is 29.8 Å². The summed E-state index contributed by atoms with van der Waals surface area (Å²) in [4.78, 5) is 16.7. The van der Waals surface area contributed by atoms with Crippen LogP contribution in [0.2, 0.25) is 0 Å². The highest BCUT2D eigenvalue weighted by Crippen LogP contribution is 2.42. The van der Waals surface area contributed by atoms with Crippen molar-refractivity contribution in [2.24, 2.45) is 4.99 Å². The second kappa shape index (κ2) is 8.71. The molecule has 0 aromatic heterocycles. The molecule has 1 aliphatic rings. The van der Waals surface area contributed by atoms with Crippen LogP contribution in [0.15, 0.2) is 72.2 Å². The highest BCUT2D eigenvalue weighted by atomic mass is 16.5. The van der Waals surface area contributed by atoms with E-state index in [2.05, 4.69) is 11.6 Å². The van der Waals surface area contributed by atoms with Gasteiger partial charge in [-0.2, -0.15) is 0 Å². The van der Waals surface area contributed by atoms with Crippen LogP contribution in [0.4, 0.5) is 0 Å². The SMILES string of the molecule is C=CC[C@@]1(C(=O)O)N=C(c2ccc(OCCCO)cc2)O[C@@H]1c1ccccc1. The van der Waals surface area contributed by atoms with Crippen molar-refractivity contribution in [1.82, 2.24) is 0 Å². The molecular formula is C22H23NO5. The molecule has 2 N–H and O–H groups in total. The zero-order valence-electron chi connectivity index (χ0n) is 15.5. The van der Waals surface area contributed by atoms with Crippen LogP contribution in [0.3, 0.4) is 0 Å². The molecule has 0 fully saturated rings. The Morgan fingerprint density at radius 1 is 1.21 bits per heavy atom. The molecule has 1 heterocycles. The van der Waals surface area contributed by atoms with Gasteiger partial charge in [-0.1, -0.05) is 36.4 Å². The van der Waals surface area contributed by atoms with Crippen LogP contribution in [0.5, 0.6) is 5.75 Å². The third-order valence-electron chi connectivity index (χ3n) is 4.56. The summed E-state index contributed by atoms with van der Waals surface area (Å²) in [6.45, 7) is 4.20. The molecule has 1 aliphatic heterocycles. The van der Waals surface area contributed by atoms with Crippen molar-refractivity contribution < 1.29 is 24.5 Å². The average Bonchev–Trinajstić information content (AvgIpc) is 3.11. The number of aliphatic imine (C=N–C) groups is 1. The molecule has 0 saturated heterocycles. The van der Waals surface area contributed by atoms with Gasteiger partial charge in [0.1, 0.15) is 5.75 Å². The number of aliphatic carboxylic acids is 1. The maximum atomic E-state index is 12.2. The van der Waals surface area contributed by atoms with Gasteiger partial charge >= 0.3 is 5.97 Å². The number of aliphatic hydroxyl groups is 1. The van der Waals surface area contributed by atoms with Crippen LogP contribution in [0.25, 0.3) is 0 Å². The van der Waals surface area contributed by atoms with Crippen molar-refractivity contribution in [3.05, 3.63) is 78.4 Å². The number of hydrogen-bond donors (Lipinski definition) is 2. The smallest absolute Gasteiger partial charge is 0.336 e. The molecule has 0 bridgehead atoms. The van der Waals surface area contributed by atoms with Crippen molar-refractivity contribution in [1.29, 1.82) is 0 Å². The van der Waals surface area contributed by atoms with Crippen molar-refractivity contribution in [3.8, 4) is 5.75 Å². The van der Waals surface area contributed by atoms with Crippen molar-refractivity contribution in [2.45, 2.75) is 24.5 Å². The van der Waals surface area contributed by atoms with Gasteiger partial charge in [0.25, 0.3) is 0 Å². The Kier molecular flexibility index (Phi) is 6.11. The summed E-state index contributed by atoms with van der Waals surface area (Å²) in [6, 6.07) is 16.3. The summed E-state index contributed by atoms with van der Waals surface area (Å²) < 4.78 is 11.6. The molecule has 0 saturated carbocycles. The van der Waals surface area contributed by atoms with Gasteiger partial charge in [0, 0.05) is 25.0 Å². The monoisotopic (exact) mass is 381 g/mol. The van der Waals surface area contributed by atoms with E-state index in [9.17, 15) is 9.90 Å². The minimum absolute atomic E-state index is 0.0736. The number of aliphatic hydroxyl groups excluding tert-OH is 1. The van der Waals surface area contributed by atoms with E-state index >= 15 is 0 Å². The van der Waals surface area contributed by atoms with E-state index < -0.39 is 17.6 Å². The number of carbonyl (C=O) groups is 1. The lowest BCUT2D eigenvalue weighted by atomic mass is 9.85. The van der Waals surface area contributed by atoms with Gasteiger partial charge in [0.15, 0.2) is 6.10 Å². The number of benzene rings is 2. The summed E-state index contributed by atoms with van der Waals surface area (Å²) in [7, 11) is 0. The fourth-order valence-corrected chi connectivity index (χ4v) is 3.15. The fourth-order valence-electron chi connectivity index (χ4n) is 3.15. The van der Waals surface area contributed by atoms with Gasteiger partial charge < -0.3 is 19.7 Å². The predicted octanol–water partition coefficient (Wildman–Crippen LogP) is 3.37. The first-order chi connectivity index (χ1) is 13.6. The predicted molar refractivity (Wildman–Crippen MR) is 106 cm³/mol. The molecule has 2 atom stereocenters. The van der Waals surface area contributed by atoms with Crippen LogP contribution in [0, 0.1) is 0 Å². The molecular weight excluding hydrogens is 358 g/mol. The molecule has 28 heavy (non-hydrogen) atoms. The molecule has 146 valence electrons. The molecule has 6 nitrogen and oxygen atoms in total. The van der Waals surface area contributed by atoms with E-state index in [1.807, 2.05) is 30.3 Å². The van der Waals surface area contributed by atoms with Crippen molar-refractivity contribution >= 4 is 11.9 Å². The number of ether oxygens (including phenoxy) is 2. The lowest BCUT2D eigenvalue weighted by molar-refractivity contribution is -0.146. The Morgan fingerprint density at radius 3 is 2.54 bits per heavy atom. The number of hydrogen-bond acceptors (Lipinski definition) is 5. The summed E-state index contributed by atoms with van der Waals surface area (Å²) in [6.07, 6.45) is 1.50. The van der Waals surface area contributed by atoms with E-state index in [4.69, 9.17) is 14.6 Å². The maximum Gasteiger partial charge on any atom is 0.336 e. The molecule has 0 amide bonds. The van der Waals surface area contributed by atoms with Gasteiger partial charge in [-0.15, -0.1) is 6.58 Å². The minimum Gasteiger partial charge on any atom is -0.494 e. The standard InChI is InChI=1S/C22H23NO5/c1-2-13-22(21(25)26)19(16-7-4-3-5-8-16)28-20(23-22)17-9-11-18(12-10-17)27-15-6-14-24/h2-5,7-12,19,24H,1,6,13-15H2,(H,25,26)/t19-,22-/m1/s1. The highest BCUT2D eigenvalue weighted by Gasteiger charge is 2.52. The number of carboxylic acid groups (broad SMARTS) is 1. The van der Waals surface area contributed by atoms with Crippen LogP contribution in [-0.2, 0) is 9.53 Å². The molecule has 2 aromatic carbocycles. The maximum absolute atomic E-state index is 12.2. The second-order valence-electron chi connectivity index (χ2n) is 6.50. The molecule has 0 aliphatic carbocycles.